The zero-order valence-corrected chi connectivity index (χ0v) is 18.9. The summed E-state index contributed by atoms with van der Waals surface area (Å²) in [6.45, 7) is 2.46. The smallest absolute Gasteiger partial charge is 0.237 e. The van der Waals surface area contributed by atoms with Crippen molar-refractivity contribution in [3.8, 4) is 5.75 Å². The Kier molecular flexibility index (Phi) is 9.40. The highest BCUT2D eigenvalue weighted by molar-refractivity contribution is 5.85. The molecule has 30 heavy (non-hydrogen) atoms. The first-order chi connectivity index (χ1) is 13.7. The number of rotatable bonds is 6. The molecule has 2 N–H and O–H groups in total. The second-order valence-corrected chi connectivity index (χ2v) is 8.02. The summed E-state index contributed by atoms with van der Waals surface area (Å²) in [7, 11) is 0. The first-order valence-electron chi connectivity index (χ1n) is 10.4. The second-order valence-electron chi connectivity index (χ2n) is 8.02. The first kappa shape index (κ1) is 24.4. The summed E-state index contributed by atoms with van der Waals surface area (Å²) in [5.41, 5.74) is 1.94. The number of ether oxygens (including phenoxy) is 1. The van der Waals surface area contributed by atoms with Crippen LogP contribution in [0, 0.1) is 5.92 Å². The van der Waals surface area contributed by atoms with Crippen molar-refractivity contribution in [2.24, 2.45) is 5.92 Å². The number of amides is 1. The predicted octanol–water partition coefficient (Wildman–Crippen LogP) is 4.60. The van der Waals surface area contributed by atoms with Gasteiger partial charge in [0.2, 0.25) is 5.91 Å². The van der Waals surface area contributed by atoms with Gasteiger partial charge >= 0.3 is 0 Å². The van der Waals surface area contributed by atoms with Crippen LogP contribution in [0.1, 0.15) is 56.3 Å². The Bertz CT molecular complexity index is 792. The lowest BCUT2D eigenvalue weighted by Crippen LogP contribution is -2.43. The molecular weight excluding hydrogens is 421 g/mol. The van der Waals surface area contributed by atoms with Crippen LogP contribution in [0.4, 0.5) is 0 Å². The van der Waals surface area contributed by atoms with Gasteiger partial charge in [0.15, 0.2) is 0 Å². The van der Waals surface area contributed by atoms with Crippen LogP contribution in [0.2, 0.25) is 0 Å². The summed E-state index contributed by atoms with van der Waals surface area (Å²) in [4.78, 5) is 17.0. The molecule has 4 rings (SSSR count). The molecule has 2 aromatic rings. The van der Waals surface area contributed by atoms with E-state index in [-0.39, 0.29) is 42.8 Å². The van der Waals surface area contributed by atoms with E-state index in [1.165, 1.54) is 25.7 Å². The lowest BCUT2D eigenvalue weighted by Gasteiger charge is -2.24. The molecule has 2 aliphatic rings. The number of benzene rings is 1. The maximum Gasteiger partial charge on any atom is 0.237 e. The van der Waals surface area contributed by atoms with E-state index in [9.17, 15) is 4.79 Å². The third kappa shape index (κ3) is 6.10. The number of hydrogen-bond acceptors (Lipinski definition) is 4. The van der Waals surface area contributed by atoms with E-state index in [1.54, 1.807) is 6.20 Å². The monoisotopic (exact) mass is 451 g/mol. The fourth-order valence-electron chi connectivity index (χ4n) is 4.43. The molecular formula is C23H31Cl2N3O2. The third-order valence-electron chi connectivity index (χ3n) is 6.01. The van der Waals surface area contributed by atoms with Crippen LogP contribution in [-0.2, 0) is 11.4 Å². The van der Waals surface area contributed by atoms with Crippen LogP contribution >= 0.6 is 24.8 Å². The van der Waals surface area contributed by atoms with Crippen molar-refractivity contribution in [2.75, 3.05) is 0 Å². The highest BCUT2D eigenvalue weighted by Gasteiger charge is 2.38. The van der Waals surface area contributed by atoms with Gasteiger partial charge < -0.3 is 15.4 Å². The number of pyridine rings is 1. The van der Waals surface area contributed by atoms with E-state index in [4.69, 9.17) is 4.74 Å². The topological polar surface area (TPSA) is 63.2 Å². The van der Waals surface area contributed by atoms with Crippen molar-refractivity contribution >= 4 is 30.7 Å². The molecule has 1 amide bonds. The van der Waals surface area contributed by atoms with Crippen LogP contribution < -0.4 is 15.4 Å². The highest BCUT2D eigenvalue weighted by atomic mass is 35.5. The molecule has 0 spiro atoms. The average molecular weight is 452 g/mol. The van der Waals surface area contributed by atoms with E-state index in [0.717, 1.165) is 23.4 Å². The van der Waals surface area contributed by atoms with Crippen LogP contribution in [0.5, 0.6) is 5.75 Å². The van der Waals surface area contributed by atoms with Crippen molar-refractivity contribution in [3.63, 3.8) is 0 Å². The summed E-state index contributed by atoms with van der Waals surface area (Å²) in [5.74, 6) is 1.57. The van der Waals surface area contributed by atoms with Gasteiger partial charge in [-0.1, -0.05) is 31.0 Å². The Morgan fingerprint density at radius 2 is 2.03 bits per heavy atom. The minimum Gasteiger partial charge on any atom is -0.487 e. The first-order valence-corrected chi connectivity index (χ1v) is 10.4. The van der Waals surface area contributed by atoms with E-state index in [2.05, 4.69) is 15.6 Å². The van der Waals surface area contributed by atoms with Crippen LogP contribution in [0.25, 0.3) is 0 Å². The zero-order valence-electron chi connectivity index (χ0n) is 17.3. The SMILES string of the molecule is CC(NC(=O)C1CC2CCCCC2N1)c1cccc(OCc2ccccn2)c1.Cl.Cl. The number of nitrogens with one attached hydrogen (secondary N) is 2. The van der Waals surface area contributed by atoms with Gasteiger partial charge in [-0.05, 0) is 61.9 Å². The summed E-state index contributed by atoms with van der Waals surface area (Å²) >= 11 is 0. The molecule has 1 aliphatic heterocycles. The molecule has 4 atom stereocenters. The van der Waals surface area contributed by atoms with E-state index in [1.807, 2.05) is 49.4 Å². The lowest BCUT2D eigenvalue weighted by atomic mass is 9.85. The molecule has 1 aromatic heterocycles. The fraction of sp³-hybridized carbons (Fsp3) is 0.478. The summed E-state index contributed by atoms with van der Waals surface area (Å²) in [5, 5.41) is 6.74. The van der Waals surface area contributed by atoms with Crippen LogP contribution in [0.15, 0.2) is 48.7 Å². The normalized spacial score (nSPS) is 23.3. The Labute approximate surface area is 191 Å². The number of fused-ring (bicyclic) bond motifs is 1. The molecule has 1 saturated heterocycles. The number of carbonyl (C=O) groups excluding carboxylic acids is 1. The fourth-order valence-corrected chi connectivity index (χ4v) is 4.43. The maximum atomic E-state index is 12.8. The number of hydrogen-bond donors (Lipinski definition) is 2. The summed E-state index contributed by atoms with van der Waals surface area (Å²) in [6.07, 6.45) is 7.78. The van der Waals surface area contributed by atoms with Gasteiger partial charge in [0.1, 0.15) is 12.4 Å². The molecule has 164 valence electrons. The molecule has 4 unspecified atom stereocenters. The van der Waals surface area contributed by atoms with E-state index >= 15 is 0 Å². The van der Waals surface area contributed by atoms with Gasteiger partial charge in [-0.3, -0.25) is 9.78 Å². The molecule has 5 nitrogen and oxygen atoms in total. The third-order valence-corrected chi connectivity index (χ3v) is 6.01. The Balaban J connectivity index is 0.00000160. The van der Waals surface area contributed by atoms with Gasteiger partial charge in [0.25, 0.3) is 0 Å². The lowest BCUT2D eigenvalue weighted by molar-refractivity contribution is -0.123. The van der Waals surface area contributed by atoms with E-state index < -0.39 is 0 Å². The molecule has 2 fully saturated rings. The van der Waals surface area contributed by atoms with Gasteiger partial charge in [0.05, 0.1) is 17.8 Å². The van der Waals surface area contributed by atoms with Gasteiger partial charge in [-0.15, -0.1) is 24.8 Å². The Hall–Kier alpha value is -1.82. The predicted molar refractivity (Wildman–Crippen MR) is 123 cm³/mol. The van der Waals surface area contributed by atoms with Crippen LogP contribution in [0.3, 0.4) is 0 Å². The van der Waals surface area contributed by atoms with Crippen molar-refractivity contribution in [3.05, 3.63) is 59.9 Å². The van der Waals surface area contributed by atoms with Gasteiger partial charge in [-0.2, -0.15) is 0 Å². The van der Waals surface area contributed by atoms with Gasteiger partial charge in [0, 0.05) is 12.2 Å². The zero-order chi connectivity index (χ0) is 19.3. The second kappa shape index (κ2) is 11.5. The number of aromatic nitrogens is 1. The average Bonchev–Trinajstić information content (AvgIpc) is 3.18. The quantitative estimate of drug-likeness (QED) is 0.673. The minimum absolute atomic E-state index is 0. The Morgan fingerprint density at radius 3 is 2.80 bits per heavy atom. The molecule has 2 heterocycles. The van der Waals surface area contributed by atoms with Crippen molar-refractivity contribution in [2.45, 2.75) is 63.8 Å². The molecule has 1 aliphatic carbocycles. The summed E-state index contributed by atoms with van der Waals surface area (Å²) < 4.78 is 5.86. The largest absolute Gasteiger partial charge is 0.487 e. The maximum absolute atomic E-state index is 12.8. The number of carbonyl (C=O) groups is 1. The highest BCUT2D eigenvalue weighted by Crippen LogP contribution is 2.33. The molecule has 1 saturated carbocycles. The number of nitrogens with zero attached hydrogens (tertiary/aromatic N) is 1. The Morgan fingerprint density at radius 1 is 1.20 bits per heavy atom. The minimum atomic E-state index is -0.0599. The number of halogens is 2. The van der Waals surface area contributed by atoms with Crippen molar-refractivity contribution in [1.82, 2.24) is 15.6 Å². The van der Waals surface area contributed by atoms with E-state index in [0.29, 0.717) is 18.6 Å². The van der Waals surface area contributed by atoms with Crippen molar-refractivity contribution in [1.29, 1.82) is 0 Å². The standard InChI is InChI=1S/C23H29N3O2.2ClH/c1-16(25-23(27)22-14-18-7-2-3-11-21(18)26-22)17-8-6-10-20(13-17)28-15-19-9-4-5-12-24-19;;/h4-6,8-10,12-13,16,18,21-22,26H,2-3,7,11,14-15H2,1H3,(H,25,27);2*1H. The van der Waals surface area contributed by atoms with Gasteiger partial charge in [-0.25, -0.2) is 0 Å². The van der Waals surface area contributed by atoms with Crippen molar-refractivity contribution < 1.29 is 9.53 Å². The molecule has 0 bridgehead atoms. The summed E-state index contributed by atoms with van der Waals surface area (Å²) in [6, 6.07) is 14.1. The van der Waals surface area contributed by atoms with Crippen LogP contribution in [-0.4, -0.2) is 23.0 Å². The molecule has 7 heteroatoms. The molecule has 0 radical (unpaired) electrons. The molecule has 1 aromatic carbocycles.